The number of piperidine rings is 2. The lowest BCUT2D eigenvalue weighted by molar-refractivity contribution is -0.138. The Hall–Kier alpha value is -2.21. The summed E-state index contributed by atoms with van der Waals surface area (Å²) in [5.41, 5.74) is 1.54. The minimum atomic E-state index is -0.296. The van der Waals surface area contributed by atoms with Crippen LogP contribution in [0.5, 0.6) is 0 Å². The zero-order chi connectivity index (χ0) is 19.5. The van der Waals surface area contributed by atoms with Gasteiger partial charge in [-0.05, 0) is 70.3 Å². The Kier molecular flexibility index (Phi) is 5.76. The third kappa shape index (κ3) is 4.27. The van der Waals surface area contributed by atoms with Crippen molar-refractivity contribution in [3.63, 3.8) is 0 Å². The topological polar surface area (TPSA) is 49.6 Å². The molecule has 150 valence electrons. The van der Waals surface area contributed by atoms with Crippen molar-refractivity contribution in [1.29, 1.82) is 0 Å². The van der Waals surface area contributed by atoms with E-state index in [2.05, 4.69) is 14.8 Å². The molecule has 1 aromatic carbocycles. The molecule has 0 atom stereocenters. The molecule has 0 aliphatic carbocycles. The van der Waals surface area contributed by atoms with E-state index in [0.29, 0.717) is 23.9 Å². The maximum absolute atomic E-state index is 13.5. The van der Waals surface area contributed by atoms with Gasteiger partial charge in [0.1, 0.15) is 11.6 Å². The van der Waals surface area contributed by atoms with Gasteiger partial charge < -0.3 is 9.32 Å². The second kappa shape index (κ2) is 8.43. The Labute approximate surface area is 165 Å². The maximum atomic E-state index is 13.5. The van der Waals surface area contributed by atoms with Crippen LogP contribution in [0.15, 0.2) is 28.7 Å². The first-order chi connectivity index (χ1) is 13.6. The van der Waals surface area contributed by atoms with Crippen molar-refractivity contribution in [2.45, 2.75) is 45.6 Å². The van der Waals surface area contributed by atoms with Crippen molar-refractivity contribution in [3.05, 3.63) is 41.5 Å². The number of halogens is 1. The van der Waals surface area contributed by atoms with Crippen LogP contribution in [0.2, 0.25) is 0 Å². The highest BCUT2D eigenvalue weighted by Crippen LogP contribution is 2.26. The van der Waals surface area contributed by atoms with E-state index in [1.165, 1.54) is 18.6 Å². The van der Waals surface area contributed by atoms with Crippen LogP contribution in [0.25, 0.3) is 11.5 Å². The van der Waals surface area contributed by atoms with Crippen LogP contribution in [0, 0.1) is 18.7 Å². The summed E-state index contributed by atoms with van der Waals surface area (Å²) in [6, 6.07) is 6.31. The van der Waals surface area contributed by atoms with Gasteiger partial charge in [0.15, 0.2) is 0 Å². The molecule has 0 saturated carbocycles. The third-order valence-corrected chi connectivity index (χ3v) is 5.94. The Bertz CT molecular complexity index is 821. The van der Waals surface area contributed by atoms with E-state index in [9.17, 15) is 9.18 Å². The zero-order valence-electron chi connectivity index (χ0n) is 16.5. The van der Waals surface area contributed by atoms with Crippen LogP contribution >= 0.6 is 0 Å². The lowest BCUT2D eigenvalue weighted by atomic mass is 9.94. The summed E-state index contributed by atoms with van der Waals surface area (Å²) in [4.78, 5) is 21.7. The van der Waals surface area contributed by atoms with E-state index in [4.69, 9.17) is 4.42 Å². The zero-order valence-corrected chi connectivity index (χ0v) is 16.5. The number of aryl methyl sites for hydroxylation is 1. The SMILES string of the molecule is Cc1oc(-c2cccc(F)c2)nc1CN1CCC(C(=O)N2CCCCC2)CC1. The lowest BCUT2D eigenvalue weighted by Gasteiger charge is -2.35. The number of carbonyl (C=O) groups excluding carboxylic acids is 1. The fourth-order valence-electron chi connectivity index (χ4n) is 4.24. The first kappa shape index (κ1) is 19.1. The number of rotatable bonds is 4. The molecule has 2 fully saturated rings. The van der Waals surface area contributed by atoms with Gasteiger partial charge in [-0.2, -0.15) is 0 Å². The third-order valence-electron chi connectivity index (χ3n) is 5.94. The molecule has 2 aliphatic rings. The second-order valence-electron chi connectivity index (χ2n) is 7.97. The van der Waals surface area contributed by atoms with Crippen molar-refractivity contribution < 1.29 is 13.6 Å². The standard InChI is InChI=1S/C22H28FN3O2/c1-16-20(24-21(28-16)18-6-5-7-19(23)14-18)15-25-12-8-17(9-13-25)22(27)26-10-3-2-4-11-26/h5-7,14,17H,2-4,8-13,15H2,1H3. The van der Waals surface area contributed by atoms with Crippen LogP contribution in [-0.2, 0) is 11.3 Å². The molecular weight excluding hydrogens is 357 g/mol. The Morgan fingerprint density at radius 3 is 2.64 bits per heavy atom. The highest BCUT2D eigenvalue weighted by atomic mass is 19.1. The van der Waals surface area contributed by atoms with Crippen molar-refractivity contribution in [3.8, 4) is 11.5 Å². The Balaban J connectivity index is 1.34. The Morgan fingerprint density at radius 1 is 1.18 bits per heavy atom. The molecular formula is C22H28FN3O2. The van der Waals surface area contributed by atoms with Crippen molar-refractivity contribution in [2.24, 2.45) is 5.92 Å². The molecule has 0 N–H and O–H groups in total. The van der Waals surface area contributed by atoms with Crippen molar-refractivity contribution >= 4 is 5.91 Å². The van der Waals surface area contributed by atoms with Crippen molar-refractivity contribution in [2.75, 3.05) is 26.2 Å². The van der Waals surface area contributed by atoms with Crippen molar-refractivity contribution in [1.82, 2.24) is 14.8 Å². The molecule has 0 bridgehead atoms. The summed E-state index contributed by atoms with van der Waals surface area (Å²) in [6.07, 6.45) is 5.34. The molecule has 0 spiro atoms. The van der Waals surface area contributed by atoms with Gasteiger partial charge in [-0.25, -0.2) is 9.37 Å². The molecule has 2 aromatic rings. The van der Waals surface area contributed by atoms with Crippen LogP contribution < -0.4 is 0 Å². The fourth-order valence-corrected chi connectivity index (χ4v) is 4.24. The number of nitrogens with zero attached hydrogens (tertiary/aromatic N) is 3. The summed E-state index contributed by atoms with van der Waals surface area (Å²) >= 11 is 0. The fraction of sp³-hybridized carbons (Fsp3) is 0.545. The average Bonchev–Trinajstić information content (AvgIpc) is 3.09. The van der Waals surface area contributed by atoms with Gasteiger partial charge in [-0.15, -0.1) is 0 Å². The minimum Gasteiger partial charge on any atom is -0.441 e. The highest BCUT2D eigenvalue weighted by molar-refractivity contribution is 5.79. The van der Waals surface area contributed by atoms with Gasteiger partial charge >= 0.3 is 0 Å². The molecule has 0 unspecified atom stereocenters. The number of amides is 1. The number of carbonyl (C=O) groups is 1. The van der Waals surface area contributed by atoms with Gasteiger partial charge in [0.25, 0.3) is 0 Å². The number of likely N-dealkylation sites (tertiary alicyclic amines) is 2. The monoisotopic (exact) mass is 385 g/mol. The first-order valence-corrected chi connectivity index (χ1v) is 10.3. The molecule has 5 nitrogen and oxygen atoms in total. The van der Waals surface area contributed by atoms with E-state index in [-0.39, 0.29) is 11.7 Å². The largest absolute Gasteiger partial charge is 0.441 e. The van der Waals surface area contributed by atoms with E-state index in [1.54, 1.807) is 12.1 Å². The highest BCUT2D eigenvalue weighted by Gasteiger charge is 2.29. The quantitative estimate of drug-likeness (QED) is 0.798. The van der Waals surface area contributed by atoms with Crippen LogP contribution in [-0.4, -0.2) is 46.9 Å². The molecule has 0 radical (unpaired) electrons. The second-order valence-corrected chi connectivity index (χ2v) is 7.97. The molecule has 4 rings (SSSR count). The molecule has 1 aromatic heterocycles. The number of benzene rings is 1. The number of hydrogen-bond donors (Lipinski definition) is 0. The van der Waals surface area contributed by atoms with Gasteiger partial charge in [0.05, 0.1) is 5.69 Å². The molecule has 1 amide bonds. The van der Waals surface area contributed by atoms with Crippen LogP contribution in [0.1, 0.15) is 43.6 Å². The summed E-state index contributed by atoms with van der Waals surface area (Å²) < 4.78 is 19.2. The van der Waals surface area contributed by atoms with Gasteiger partial charge in [-0.3, -0.25) is 9.69 Å². The molecule has 6 heteroatoms. The lowest BCUT2D eigenvalue weighted by Crippen LogP contribution is -2.44. The average molecular weight is 385 g/mol. The van der Waals surface area contributed by atoms with E-state index < -0.39 is 0 Å². The summed E-state index contributed by atoms with van der Waals surface area (Å²) in [5.74, 6) is 1.45. The van der Waals surface area contributed by atoms with Crippen LogP contribution in [0.3, 0.4) is 0 Å². The number of oxazole rings is 1. The Morgan fingerprint density at radius 2 is 1.93 bits per heavy atom. The minimum absolute atomic E-state index is 0.163. The van der Waals surface area contributed by atoms with Gasteiger partial charge in [0.2, 0.25) is 11.8 Å². The smallest absolute Gasteiger partial charge is 0.226 e. The molecule has 3 heterocycles. The molecule has 28 heavy (non-hydrogen) atoms. The molecule has 2 saturated heterocycles. The maximum Gasteiger partial charge on any atom is 0.226 e. The summed E-state index contributed by atoms with van der Waals surface area (Å²) in [7, 11) is 0. The van der Waals surface area contributed by atoms with E-state index >= 15 is 0 Å². The summed E-state index contributed by atoms with van der Waals surface area (Å²) in [5, 5.41) is 0. The van der Waals surface area contributed by atoms with E-state index in [1.807, 2.05) is 6.92 Å². The number of hydrogen-bond acceptors (Lipinski definition) is 4. The van der Waals surface area contributed by atoms with Crippen LogP contribution in [0.4, 0.5) is 4.39 Å². The predicted octanol–water partition coefficient (Wildman–Crippen LogP) is 4.01. The number of aromatic nitrogens is 1. The normalized spacial score (nSPS) is 19.1. The van der Waals surface area contributed by atoms with Gasteiger partial charge in [-0.1, -0.05) is 6.07 Å². The molecule has 2 aliphatic heterocycles. The predicted molar refractivity (Wildman–Crippen MR) is 105 cm³/mol. The van der Waals surface area contributed by atoms with E-state index in [0.717, 1.165) is 63.3 Å². The first-order valence-electron chi connectivity index (χ1n) is 10.3. The van der Waals surface area contributed by atoms with Gasteiger partial charge in [0, 0.05) is 31.1 Å². The summed E-state index contributed by atoms with van der Waals surface area (Å²) in [6.45, 7) is 6.25.